The molecule has 0 saturated heterocycles. The second-order valence-corrected chi connectivity index (χ2v) is 4.50. The Morgan fingerprint density at radius 1 is 1.11 bits per heavy atom. The second-order valence-electron chi connectivity index (χ2n) is 3.68. The van der Waals surface area contributed by atoms with E-state index in [2.05, 4.69) is 15.2 Å². The molecule has 3 rings (SSSR count). The lowest BCUT2D eigenvalue weighted by Crippen LogP contribution is -1.93. The lowest BCUT2D eigenvalue weighted by atomic mass is 10.2. The Labute approximate surface area is 112 Å². The zero-order valence-electron chi connectivity index (χ0n) is 9.01. The summed E-state index contributed by atoms with van der Waals surface area (Å²) in [5.74, 6) is 0.635. The number of aromatic nitrogens is 4. The van der Waals surface area contributed by atoms with Gasteiger partial charge in [0.1, 0.15) is 0 Å². The molecule has 3 aromatic rings. The van der Waals surface area contributed by atoms with Crippen molar-refractivity contribution < 1.29 is 0 Å². The number of halogens is 2. The van der Waals surface area contributed by atoms with Crippen molar-refractivity contribution in [2.75, 3.05) is 5.73 Å². The number of nitrogens with two attached hydrogens (primary N) is 1. The molecule has 0 saturated carbocycles. The fourth-order valence-electron chi connectivity index (χ4n) is 1.66. The molecular formula is C11H7Cl2N5. The van der Waals surface area contributed by atoms with Crippen molar-refractivity contribution in [2.45, 2.75) is 0 Å². The van der Waals surface area contributed by atoms with Gasteiger partial charge in [-0.05, 0) is 12.1 Å². The van der Waals surface area contributed by atoms with Crippen LogP contribution < -0.4 is 5.73 Å². The van der Waals surface area contributed by atoms with Crippen molar-refractivity contribution in [3.05, 3.63) is 40.8 Å². The van der Waals surface area contributed by atoms with Crippen LogP contribution in [-0.2, 0) is 0 Å². The zero-order chi connectivity index (χ0) is 12.7. The van der Waals surface area contributed by atoms with Crippen molar-refractivity contribution in [1.82, 2.24) is 19.6 Å². The van der Waals surface area contributed by atoms with Crippen molar-refractivity contribution in [1.29, 1.82) is 0 Å². The summed E-state index contributed by atoms with van der Waals surface area (Å²) < 4.78 is 1.80. The number of nitrogen functional groups attached to an aromatic ring is 1. The van der Waals surface area contributed by atoms with E-state index in [-0.39, 0.29) is 0 Å². The highest BCUT2D eigenvalue weighted by Gasteiger charge is 2.11. The number of rotatable bonds is 1. The molecule has 0 unspecified atom stereocenters. The minimum absolute atomic E-state index is 0.359. The minimum atomic E-state index is 0.359. The van der Waals surface area contributed by atoms with Crippen LogP contribution in [0.1, 0.15) is 0 Å². The van der Waals surface area contributed by atoms with Crippen LogP contribution in [0.3, 0.4) is 0 Å². The standard InChI is InChI=1S/C11H7Cl2N5/c12-7-3-6(4-8(13)10(7)14)11-17-16-9-5-15-1-2-18(9)11/h1-5H,14H2. The Bertz CT molecular complexity index is 714. The number of anilines is 1. The van der Waals surface area contributed by atoms with E-state index in [9.17, 15) is 0 Å². The van der Waals surface area contributed by atoms with Gasteiger partial charge in [0.2, 0.25) is 0 Å². The summed E-state index contributed by atoms with van der Waals surface area (Å²) in [6.45, 7) is 0. The number of benzene rings is 1. The fourth-order valence-corrected chi connectivity index (χ4v) is 2.15. The Morgan fingerprint density at radius 3 is 2.56 bits per heavy atom. The number of fused-ring (bicyclic) bond motifs is 1. The molecule has 0 spiro atoms. The predicted octanol–water partition coefficient (Wildman–Crippen LogP) is 2.68. The Kier molecular flexibility index (Phi) is 2.57. The van der Waals surface area contributed by atoms with Gasteiger partial charge in [-0.3, -0.25) is 9.38 Å². The Hall–Kier alpha value is -1.85. The van der Waals surface area contributed by atoms with E-state index in [0.717, 1.165) is 5.56 Å². The van der Waals surface area contributed by atoms with Gasteiger partial charge in [-0.25, -0.2) is 0 Å². The third-order valence-corrected chi connectivity index (χ3v) is 3.18. The number of hydrogen-bond donors (Lipinski definition) is 1. The van der Waals surface area contributed by atoms with Crippen molar-refractivity contribution in [3.63, 3.8) is 0 Å². The molecule has 0 amide bonds. The van der Waals surface area contributed by atoms with Crippen LogP contribution in [0.4, 0.5) is 5.69 Å². The van der Waals surface area contributed by atoms with Crippen LogP contribution in [0.15, 0.2) is 30.7 Å². The molecule has 0 aliphatic rings. The molecule has 7 heteroatoms. The van der Waals surface area contributed by atoms with E-state index < -0.39 is 0 Å². The van der Waals surface area contributed by atoms with Gasteiger partial charge in [0.05, 0.1) is 21.9 Å². The summed E-state index contributed by atoms with van der Waals surface area (Å²) in [4.78, 5) is 3.97. The monoisotopic (exact) mass is 279 g/mol. The molecule has 0 aliphatic heterocycles. The van der Waals surface area contributed by atoms with Crippen molar-refractivity contribution >= 4 is 34.5 Å². The molecule has 0 atom stereocenters. The number of hydrogen-bond acceptors (Lipinski definition) is 4. The SMILES string of the molecule is Nc1c(Cl)cc(-c2nnc3cnccn23)cc1Cl. The zero-order valence-corrected chi connectivity index (χ0v) is 10.5. The summed E-state index contributed by atoms with van der Waals surface area (Å²) in [5, 5.41) is 8.89. The van der Waals surface area contributed by atoms with Gasteiger partial charge in [0, 0.05) is 18.0 Å². The molecule has 1 aromatic carbocycles. The molecule has 18 heavy (non-hydrogen) atoms. The minimum Gasteiger partial charge on any atom is -0.396 e. The van der Waals surface area contributed by atoms with E-state index in [0.29, 0.717) is 27.2 Å². The predicted molar refractivity (Wildman–Crippen MR) is 70.7 cm³/mol. The first-order valence-electron chi connectivity index (χ1n) is 5.06. The van der Waals surface area contributed by atoms with Gasteiger partial charge in [-0.1, -0.05) is 23.2 Å². The van der Waals surface area contributed by atoms with Crippen LogP contribution in [0, 0.1) is 0 Å². The Morgan fingerprint density at radius 2 is 1.83 bits per heavy atom. The number of nitrogens with zero attached hydrogens (tertiary/aromatic N) is 4. The quantitative estimate of drug-likeness (QED) is 0.696. The third kappa shape index (κ3) is 1.68. The van der Waals surface area contributed by atoms with Crippen molar-refractivity contribution in [3.8, 4) is 11.4 Å². The summed E-state index contributed by atoms with van der Waals surface area (Å²) in [7, 11) is 0. The lowest BCUT2D eigenvalue weighted by Gasteiger charge is -2.05. The summed E-state index contributed by atoms with van der Waals surface area (Å²) >= 11 is 12.0. The lowest BCUT2D eigenvalue weighted by molar-refractivity contribution is 1.11. The van der Waals surface area contributed by atoms with Crippen LogP contribution in [0.2, 0.25) is 10.0 Å². The largest absolute Gasteiger partial charge is 0.396 e. The molecule has 0 bridgehead atoms. The van der Waals surface area contributed by atoms with Crippen LogP contribution >= 0.6 is 23.2 Å². The Balaban J connectivity index is 2.26. The maximum atomic E-state index is 6.01. The average Bonchev–Trinajstić information content (AvgIpc) is 2.79. The first-order valence-corrected chi connectivity index (χ1v) is 5.82. The molecule has 90 valence electrons. The highest BCUT2D eigenvalue weighted by atomic mass is 35.5. The van der Waals surface area contributed by atoms with Crippen LogP contribution in [-0.4, -0.2) is 19.6 Å². The van der Waals surface area contributed by atoms with Gasteiger partial charge in [0.25, 0.3) is 0 Å². The van der Waals surface area contributed by atoms with E-state index in [4.69, 9.17) is 28.9 Å². The third-order valence-electron chi connectivity index (χ3n) is 2.55. The molecule has 2 heterocycles. The van der Waals surface area contributed by atoms with Gasteiger partial charge in [-0.2, -0.15) is 0 Å². The first-order chi connectivity index (χ1) is 8.66. The topological polar surface area (TPSA) is 69.1 Å². The molecule has 5 nitrogen and oxygen atoms in total. The van der Waals surface area contributed by atoms with Crippen molar-refractivity contribution in [2.24, 2.45) is 0 Å². The molecule has 2 aromatic heterocycles. The molecule has 0 fully saturated rings. The van der Waals surface area contributed by atoms with E-state index in [1.807, 2.05) is 0 Å². The van der Waals surface area contributed by atoms with Gasteiger partial charge < -0.3 is 5.73 Å². The average molecular weight is 280 g/mol. The van der Waals surface area contributed by atoms with Gasteiger partial charge >= 0.3 is 0 Å². The van der Waals surface area contributed by atoms with E-state index in [1.54, 1.807) is 35.1 Å². The summed E-state index contributed by atoms with van der Waals surface area (Å²) in [5.41, 5.74) is 7.46. The summed E-state index contributed by atoms with van der Waals surface area (Å²) in [6, 6.07) is 3.42. The van der Waals surface area contributed by atoms with E-state index >= 15 is 0 Å². The molecule has 0 radical (unpaired) electrons. The van der Waals surface area contributed by atoms with Crippen LogP contribution in [0.25, 0.3) is 17.0 Å². The fraction of sp³-hybridized carbons (Fsp3) is 0. The molecule has 2 N–H and O–H groups in total. The highest BCUT2D eigenvalue weighted by molar-refractivity contribution is 6.39. The maximum absolute atomic E-state index is 6.01. The van der Waals surface area contributed by atoms with Gasteiger partial charge in [0.15, 0.2) is 11.5 Å². The maximum Gasteiger partial charge on any atom is 0.179 e. The highest BCUT2D eigenvalue weighted by Crippen LogP contribution is 2.32. The second kappa shape index (κ2) is 4.12. The first kappa shape index (κ1) is 11.3. The smallest absolute Gasteiger partial charge is 0.179 e. The normalized spacial score (nSPS) is 11.0. The molecule has 0 aliphatic carbocycles. The van der Waals surface area contributed by atoms with Gasteiger partial charge in [-0.15, -0.1) is 10.2 Å². The summed E-state index contributed by atoms with van der Waals surface area (Å²) in [6.07, 6.45) is 5.04. The van der Waals surface area contributed by atoms with E-state index in [1.165, 1.54) is 0 Å². The molecular weight excluding hydrogens is 273 g/mol. The van der Waals surface area contributed by atoms with Crippen LogP contribution in [0.5, 0.6) is 0 Å².